The van der Waals surface area contributed by atoms with Gasteiger partial charge in [-0.05, 0) is 33.3 Å². The van der Waals surface area contributed by atoms with Gasteiger partial charge in [-0.2, -0.15) is 0 Å². The van der Waals surface area contributed by atoms with Gasteiger partial charge in [0.25, 0.3) is 0 Å². The molecular weight excluding hydrogens is 226 g/mol. The quantitative estimate of drug-likeness (QED) is 0.808. The van der Waals surface area contributed by atoms with Crippen LogP contribution >= 0.6 is 0 Å². The number of hydrogen-bond acceptors (Lipinski definition) is 3. The molecular formula is C15H25NO2. The van der Waals surface area contributed by atoms with Gasteiger partial charge in [-0.15, -0.1) is 0 Å². The molecule has 18 heavy (non-hydrogen) atoms. The third-order valence-corrected chi connectivity index (χ3v) is 3.14. The van der Waals surface area contributed by atoms with Gasteiger partial charge in [0.2, 0.25) is 0 Å². The van der Waals surface area contributed by atoms with Gasteiger partial charge in [0, 0.05) is 31.4 Å². The minimum atomic E-state index is 0.270. The van der Waals surface area contributed by atoms with Crippen molar-refractivity contribution in [2.24, 2.45) is 0 Å². The van der Waals surface area contributed by atoms with Crippen LogP contribution in [-0.4, -0.2) is 26.9 Å². The molecule has 1 aromatic carbocycles. The monoisotopic (exact) mass is 251 g/mol. The molecule has 0 spiro atoms. The number of benzene rings is 1. The molecule has 0 saturated heterocycles. The highest BCUT2D eigenvalue weighted by Crippen LogP contribution is 2.26. The fourth-order valence-corrected chi connectivity index (χ4v) is 2.09. The molecule has 0 aromatic heterocycles. The van der Waals surface area contributed by atoms with Crippen molar-refractivity contribution in [3.63, 3.8) is 0 Å². The summed E-state index contributed by atoms with van der Waals surface area (Å²) in [6.45, 7) is 7.23. The fraction of sp³-hybridized carbons (Fsp3) is 0.600. The van der Waals surface area contributed by atoms with Crippen LogP contribution < -0.4 is 10.1 Å². The Labute approximate surface area is 110 Å². The normalized spacial score (nSPS) is 14.3. The first-order valence-electron chi connectivity index (χ1n) is 6.48. The highest BCUT2D eigenvalue weighted by molar-refractivity contribution is 5.38. The molecule has 102 valence electrons. The average Bonchev–Trinajstić information content (AvgIpc) is 2.36. The van der Waals surface area contributed by atoms with Gasteiger partial charge in [0.05, 0.1) is 7.11 Å². The second kappa shape index (κ2) is 7.39. The zero-order valence-electron chi connectivity index (χ0n) is 12.1. The summed E-state index contributed by atoms with van der Waals surface area (Å²) in [5.41, 5.74) is 2.46. The molecule has 0 aliphatic heterocycles. The summed E-state index contributed by atoms with van der Waals surface area (Å²) in [5, 5.41) is 3.57. The molecule has 0 aliphatic carbocycles. The Hall–Kier alpha value is -1.06. The predicted octanol–water partition coefficient (Wildman–Crippen LogP) is 3.08. The highest BCUT2D eigenvalue weighted by Gasteiger charge is 2.13. The van der Waals surface area contributed by atoms with Crippen LogP contribution in [0.2, 0.25) is 0 Å². The van der Waals surface area contributed by atoms with Crippen LogP contribution in [0.25, 0.3) is 0 Å². The first-order valence-corrected chi connectivity index (χ1v) is 6.48. The molecule has 2 atom stereocenters. The third-order valence-electron chi connectivity index (χ3n) is 3.14. The Morgan fingerprint density at radius 2 is 1.94 bits per heavy atom. The zero-order chi connectivity index (χ0) is 13.5. The molecule has 0 bridgehead atoms. The molecule has 0 amide bonds. The van der Waals surface area contributed by atoms with E-state index in [1.54, 1.807) is 14.2 Å². The summed E-state index contributed by atoms with van der Waals surface area (Å²) in [6.07, 6.45) is 1.01. The van der Waals surface area contributed by atoms with E-state index in [-0.39, 0.29) is 6.04 Å². The minimum Gasteiger partial charge on any atom is -0.496 e. The fourth-order valence-electron chi connectivity index (χ4n) is 2.09. The Balaban J connectivity index is 2.70. The van der Waals surface area contributed by atoms with E-state index in [1.807, 2.05) is 6.07 Å². The molecule has 1 aromatic rings. The van der Waals surface area contributed by atoms with Crippen molar-refractivity contribution in [2.75, 3.05) is 20.8 Å². The second-order valence-corrected chi connectivity index (χ2v) is 4.82. The highest BCUT2D eigenvalue weighted by atomic mass is 16.5. The molecule has 0 fully saturated rings. The number of hydrogen-bond donors (Lipinski definition) is 1. The van der Waals surface area contributed by atoms with Gasteiger partial charge in [-0.25, -0.2) is 0 Å². The number of rotatable bonds is 7. The first kappa shape index (κ1) is 15.0. The Bertz CT molecular complexity index is 366. The summed E-state index contributed by atoms with van der Waals surface area (Å²) in [4.78, 5) is 0. The zero-order valence-corrected chi connectivity index (χ0v) is 12.1. The maximum atomic E-state index is 5.42. The lowest BCUT2D eigenvalue weighted by Gasteiger charge is -2.22. The van der Waals surface area contributed by atoms with Crippen molar-refractivity contribution >= 4 is 0 Å². The van der Waals surface area contributed by atoms with Gasteiger partial charge in [0.1, 0.15) is 5.75 Å². The molecule has 1 N–H and O–H groups in total. The van der Waals surface area contributed by atoms with Crippen LogP contribution in [0.15, 0.2) is 18.2 Å². The van der Waals surface area contributed by atoms with E-state index in [1.165, 1.54) is 11.1 Å². The Morgan fingerprint density at radius 1 is 1.22 bits per heavy atom. The average molecular weight is 251 g/mol. The van der Waals surface area contributed by atoms with E-state index in [9.17, 15) is 0 Å². The molecule has 3 nitrogen and oxygen atoms in total. The Morgan fingerprint density at radius 3 is 2.56 bits per heavy atom. The summed E-state index contributed by atoms with van der Waals surface area (Å²) in [5.74, 6) is 0.944. The van der Waals surface area contributed by atoms with Gasteiger partial charge in [-0.1, -0.05) is 17.7 Å². The van der Waals surface area contributed by atoms with E-state index in [2.05, 4.69) is 38.2 Å². The lowest BCUT2D eigenvalue weighted by atomic mass is 10.0. The standard InChI is InChI=1S/C15H25NO2/c1-11-6-7-15(18-5)14(10-11)13(3)16-12(2)8-9-17-4/h6-7,10,12-13,16H,8-9H2,1-5H3. The largest absolute Gasteiger partial charge is 0.496 e. The lowest BCUT2D eigenvalue weighted by molar-refractivity contribution is 0.183. The van der Waals surface area contributed by atoms with Crippen LogP contribution in [0, 0.1) is 6.92 Å². The van der Waals surface area contributed by atoms with E-state index in [4.69, 9.17) is 9.47 Å². The maximum Gasteiger partial charge on any atom is 0.123 e. The molecule has 2 unspecified atom stereocenters. The van der Waals surface area contributed by atoms with Crippen LogP contribution in [0.1, 0.15) is 37.4 Å². The number of ether oxygens (including phenoxy) is 2. The SMILES string of the molecule is COCCC(C)NC(C)c1cc(C)ccc1OC. The van der Waals surface area contributed by atoms with E-state index >= 15 is 0 Å². The van der Waals surface area contributed by atoms with Gasteiger partial charge in [-0.3, -0.25) is 0 Å². The Kier molecular flexibility index (Phi) is 6.16. The van der Waals surface area contributed by atoms with Crippen LogP contribution in [0.5, 0.6) is 5.75 Å². The van der Waals surface area contributed by atoms with Crippen molar-refractivity contribution < 1.29 is 9.47 Å². The van der Waals surface area contributed by atoms with Gasteiger partial charge >= 0.3 is 0 Å². The van der Waals surface area contributed by atoms with E-state index in [0.29, 0.717) is 6.04 Å². The van der Waals surface area contributed by atoms with E-state index < -0.39 is 0 Å². The van der Waals surface area contributed by atoms with Crippen molar-refractivity contribution in [3.05, 3.63) is 29.3 Å². The van der Waals surface area contributed by atoms with Crippen molar-refractivity contribution in [1.82, 2.24) is 5.32 Å². The van der Waals surface area contributed by atoms with Gasteiger partial charge < -0.3 is 14.8 Å². The first-order chi connectivity index (χ1) is 8.58. The number of nitrogens with one attached hydrogen (secondary N) is 1. The van der Waals surface area contributed by atoms with Crippen molar-refractivity contribution in [1.29, 1.82) is 0 Å². The number of methoxy groups -OCH3 is 2. The summed E-state index contributed by atoms with van der Waals surface area (Å²) in [6, 6.07) is 6.97. The molecule has 0 radical (unpaired) electrons. The van der Waals surface area contributed by atoms with Gasteiger partial charge in [0.15, 0.2) is 0 Å². The summed E-state index contributed by atoms with van der Waals surface area (Å²) in [7, 11) is 3.45. The second-order valence-electron chi connectivity index (χ2n) is 4.82. The molecule has 0 heterocycles. The molecule has 1 rings (SSSR count). The number of aryl methyl sites for hydroxylation is 1. The van der Waals surface area contributed by atoms with Crippen LogP contribution in [-0.2, 0) is 4.74 Å². The summed E-state index contributed by atoms with van der Waals surface area (Å²) >= 11 is 0. The maximum absolute atomic E-state index is 5.42. The van der Waals surface area contributed by atoms with Crippen molar-refractivity contribution in [3.8, 4) is 5.75 Å². The van der Waals surface area contributed by atoms with Crippen molar-refractivity contribution in [2.45, 2.75) is 39.3 Å². The molecule has 0 aliphatic rings. The molecule has 3 heteroatoms. The summed E-state index contributed by atoms with van der Waals surface area (Å²) < 4.78 is 10.5. The third kappa shape index (κ3) is 4.31. The minimum absolute atomic E-state index is 0.270. The smallest absolute Gasteiger partial charge is 0.123 e. The lowest BCUT2D eigenvalue weighted by Crippen LogP contribution is -2.30. The predicted molar refractivity (Wildman–Crippen MR) is 75.2 cm³/mol. The molecule has 0 saturated carbocycles. The van der Waals surface area contributed by atoms with Crippen LogP contribution in [0.3, 0.4) is 0 Å². The van der Waals surface area contributed by atoms with Crippen LogP contribution in [0.4, 0.5) is 0 Å². The topological polar surface area (TPSA) is 30.5 Å². The van der Waals surface area contributed by atoms with E-state index in [0.717, 1.165) is 18.8 Å².